The molecule has 35 heavy (non-hydrogen) atoms. The Morgan fingerprint density at radius 3 is 2.40 bits per heavy atom. The molecule has 1 aliphatic heterocycles. The van der Waals surface area contributed by atoms with E-state index in [9.17, 15) is 4.79 Å². The lowest BCUT2D eigenvalue weighted by atomic mass is 10.0. The van der Waals surface area contributed by atoms with Crippen LogP contribution in [0.5, 0.6) is 5.75 Å². The van der Waals surface area contributed by atoms with Crippen molar-refractivity contribution in [3.63, 3.8) is 0 Å². The maximum atomic E-state index is 13.2. The molecule has 0 saturated carbocycles. The number of nitrogens with zero attached hydrogens (tertiary/aromatic N) is 3. The Balaban J connectivity index is 1.23. The summed E-state index contributed by atoms with van der Waals surface area (Å²) in [6.45, 7) is 6.24. The largest absolute Gasteiger partial charge is 0.497 e. The van der Waals surface area contributed by atoms with E-state index < -0.39 is 0 Å². The van der Waals surface area contributed by atoms with E-state index in [1.807, 2.05) is 47.5 Å². The van der Waals surface area contributed by atoms with Crippen LogP contribution in [0, 0.1) is 0 Å². The van der Waals surface area contributed by atoms with Crippen LogP contribution in [0.1, 0.15) is 28.4 Å². The molecule has 3 aromatic carbocycles. The van der Waals surface area contributed by atoms with Gasteiger partial charge in [-0.2, -0.15) is 0 Å². The lowest BCUT2D eigenvalue weighted by Crippen LogP contribution is -2.48. The summed E-state index contributed by atoms with van der Waals surface area (Å²) >= 11 is 0. The standard InChI is InChI=1S/C30H31N3O2/c1-3-22-18-23(20-27(19-22)35-2)21-32-14-16-33(17-15-32)30(34)26-11-9-24(10-12-26)28-8-4-6-25-7-5-13-31-29(25)28/h4-13,18-20H,3,14-17,21H2,1-2H3. The number of pyridine rings is 1. The van der Waals surface area contributed by atoms with Gasteiger partial charge in [0.05, 0.1) is 12.6 Å². The van der Waals surface area contributed by atoms with Crippen molar-refractivity contribution < 1.29 is 9.53 Å². The fourth-order valence-electron chi connectivity index (χ4n) is 4.82. The summed E-state index contributed by atoms with van der Waals surface area (Å²) in [6, 6.07) is 24.6. The molecule has 0 aliphatic carbocycles. The van der Waals surface area contributed by atoms with E-state index >= 15 is 0 Å². The minimum Gasteiger partial charge on any atom is -0.497 e. The smallest absolute Gasteiger partial charge is 0.253 e. The highest BCUT2D eigenvalue weighted by Crippen LogP contribution is 2.27. The van der Waals surface area contributed by atoms with Crippen LogP contribution in [0.2, 0.25) is 0 Å². The van der Waals surface area contributed by atoms with Crippen molar-refractivity contribution in [3.8, 4) is 16.9 Å². The lowest BCUT2D eigenvalue weighted by molar-refractivity contribution is 0.0628. The Bertz CT molecular complexity index is 1300. The van der Waals surface area contributed by atoms with Gasteiger partial charge < -0.3 is 9.64 Å². The van der Waals surface area contributed by atoms with Crippen LogP contribution < -0.4 is 4.74 Å². The number of hydrogen-bond donors (Lipinski definition) is 0. The molecule has 0 spiro atoms. The van der Waals surface area contributed by atoms with Gasteiger partial charge in [0.15, 0.2) is 0 Å². The SMILES string of the molecule is CCc1cc(CN2CCN(C(=O)c3ccc(-c4cccc5cccnc45)cc3)CC2)cc(OC)c1. The summed E-state index contributed by atoms with van der Waals surface area (Å²) in [6.07, 6.45) is 2.81. The molecule has 1 fully saturated rings. The number of benzene rings is 3. The molecule has 0 bridgehead atoms. The number of carbonyl (C=O) groups is 1. The number of amides is 1. The molecule has 1 amide bonds. The van der Waals surface area contributed by atoms with Crippen molar-refractivity contribution >= 4 is 16.8 Å². The summed E-state index contributed by atoms with van der Waals surface area (Å²) in [5.74, 6) is 1.01. The van der Waals surface area contributed by atoms with E-state index in [-0.39, 0.29) is 5.91 Å². The van der Waals surface area contributed by atoms with Crippen LogP contribution in [0.3, 0.4) is 0 Å². The van der Waals surface area contributed by atoms with Gasteiger partial charge in [-0.3, -0.25) is 14.7 Å². The predicted molar refractivity (Wildman–Crippen MR) is 141 cm³/mol. The van der Waals surface area contributed by atoms with E-state index in [1.165, 1.54) is 11.1 Å². The monoisotopic (exact) mass is 465 g/mol. The van der Waals surface area contributed by atoms with Crippen LogP contribution in [0.25, 0.3) is 22.0 Å². The predicted octanol–water partition coefficient (Wildman–Crippen LogP) is 5.43. The maximum absolute atomic E-state index is 13.2. The molecule has 0 N–H and O–H groups in total. The van der Waals surface area contributed by atoms with E-state index in [0.29, 0.717) is 0 Å². The van der Waals surface area contributed by atoms with Crippen molar-refractivity contribution in [2.75, 3.05) is 33.3 Å². The average molecular weight is 466 g/mol. The first-order valence-electron chi connectivity index (χ1n) is 12.3. The first-order valence-corrected chi connectivity index (χ1v) is 12.3. The Hall–Kier alpha value is -3.70. The third-order valence-electron chi connectivity index (χ3n) is 6.81. The molecule has 5 heteroatoms. The van der Waals surface area contributed by atoms with Crippen LogP contribution in [0.15, 0.2) is 79.0 Å². The Morgan fingerprint density at radius 2 is 1.66 bits per heavy atom. The number of rotatable bonds is 6. The second-order valence-corrected chi connectivity index (χ2v) is 9.07. The van der Waals surface area contributed by atoms with E-state index in [1.54, 1.807) is 7.11 Å². The number of carbonyl (C=O) groups excluding carboxylic acids is 1. The van der Waals surface area contributed by atoms with Crippen molar-refractivity contribution in [2.24, 2.45) is 0 Å². The fourth-order valence-corrected chi connectivity index (χ4v) is 4.82. The highest BCUT2D eigenvalue weighted by atomic mass is 16.5. The molecule has 5 rings (SSSR count). The molecule has 0 unspecified atom stereocenters. The van der Waals surface area contributed by atoms with Gasteiger partial charge in [0, 0.05) is 55.4 Å². The number of ether oxygens (including phenoxy) is 1. The third kappa shape index (κ3) is 5.05. The molecule has 0 radical (unpaired) electrons. The molecule has 1 saturated heterocycles. The fraction of sp³-hybridized carbons (Fsp3) is 0.267. The van der Waals surface area contributed by atoms with Crippen LogP contribution in [-0.4, -0.2) is 54.0 Å². The minimum atomic E-state index is 0.0990. The van der Waals surface area contributed by atoms with Gasteiger partial charge in [-0.15, -0.1) is 0 Å². The summed E-state index contributed by atoms with van der Waals surface area (Å²) in [5.41, 5.74) is 6.42. The van der Waals surface area contributed by atoms with Gasteiger partial charge in [0.1, 0.15) is 5.75 Å². The topological polar surface area (TPSA) is 45.7 Å². The number of methoxy groups -OCH3 is 1. The summed E-state index contributed by atoms with van der Waals surface area (Å²) < 4.78 is 5.47. The molecule has 1 aromatic heterocycles. The van der Waals surface area contributed by atoms with Crippen LogP contribution in [-0.2, 0) is 13.0 Å². The molecular weight excluding hydrogens is 434 g/mol. The molecule has 178 valence electrons. The molecule has 0 atom stereocenters. The maximum Gasteiger partial charge on any atom is 0.253 e. The molecule has 5 nitrogen and oxygen atoms in total. The molecule has 4 aromatic rings. The molecular formula is C30H31N3O2. The Kier molecular flexibility index (Phi) is 6.77. The number of para-hydroxylation sites is 1. The quantitative estimate of drug-likeness (QED) is 0.381. The zero-order valence-electron chi connectivity index (χ0n) is 20.4. The average Bonchev–Trinajstić information content (AvgIpc) is 2.92. The van der Waals surface area contributed by atoms with Gasteiger partial charge in [0.25, 0.3) is 5.91 Å². The zero-order chi connectivity index (χ0) is 24.2. The number of piperazine rings is 1. The van der Waals surface area contributed by atoms with Crippen molar-refractivity contribution in [3.05, 3.63) is 95.7 Å². The van der Waals surface area contributed by atoms with Crippen LogP contribution >= 0.6 is 0 Å². The van der Waals surface area contributed by atoms with Gasteiger partial charge >= 0.3 is 0 Å². The zero-order valence-corrected chi connectivity index (χ0v) is 20.4. The van der Waals surface area contributed by atoms with E-state index in [4.69, 9.17) is 4.74 Å². The molecule has 2 heterocycles. The minimum absolute atomic E-state index is 0.0990. The highest BCUT2D eigenvalue weighted by Gasteiger charge is 2.22. The van der Waals surface area contributed by atoms with Gasteiger partial charge in [0.2, 0.25) is 0 Å². The summed E-state index contributed by atoms with van der Waals surface area (Å²) in [7, 11) is 1.72. The second kappa shape index (κ2) is 10.3. The van der Waals surface area contributed by atoms with Gasteiger partial charge in [-0.05, 0) is 53.4 Å². The Labute approximate surface area is 207 Å². The van der Waals surface area contributed by atoms with Crippen LogP contribution in [0.4, 0.5) is 0 Å². The summed E-state index contributed by atoms with van der Waals surface area (Å²) in [4.78, 5) is 22.1. The van der Waals surface area contributed by atoms with E-state index in [2.05, 4.69) is 53.2 Å². The molecule has 1 aliphatic rings. The van der Waals surface area contributed by atoms with Crippen molar-refractivity contribution in [1.29, 1.82) is 0 Å². The number of hydrogen-bond acceptors (Lipinski definition) is 4. The van der Waals surface area contributed by atoms with Gasteiger partial charge in [-0.25, -0.2) is 0 Å². The first kappa shape index (κ1) is 23.1. The second-order valence-electron chi connectivity index (χ2n) is 9.07. The number of fused-ring (bicyclic) bond motifs is 1. The first-order chi connectivity index (χ1) is 17.1. The highest BCUT2D eigenvalue weighted by molar-refractivity contribution is 5.97. The van der Waals surface area contributed by atoms with Gasteiger partial charge in [-0.1, -0.05) is 49.4 Å². The van der Waals surface area contributed by atoms with Crippen molar-refractivity contribution in [2.45, 2.75) is 19.9 Å². The third-order valence-corrected chi connectivity index (χ3v) is 6.81. The number of aromatic nitrogens is 1. The van der Waals surface area contributed by atoms with E-state index in [0.717, 1.165) is 72.5 Å². The Morgan fingerprint density at radius 1 is 0.914 bits per heavy atom. The lowest BCUT2D eigenvalue weighted by Gasteiger charge is -2.35. The van der Waals surface area contributed by atoms with Crippen molar-refractivity contribution in [1.82, 2.24) is 14.8 Å². The number of aryl methyl sites for hydroxylation is 1. The normalized spacial score (nSPS) is 14.3. The summed E-state index contributed by atoms with van der Waals surface area (Å²) in [5, 5.41) is 1.11.